The standard InChI is InChI=1S/C12H20O5/c13-9-7-10(14)12(17)8(9)5-3-1-2-4-6-11(15)16/h1,3,8-10,12-14,17H,2,4-7H2,(H,15,16). The highest BCUT2D eigenvalue weighted by atomic mass is 16.4. The van der Waals surface area contributed by atoms with Crippen molar-refractivity contribution in [1.82, 2.24) is 0 Å². The highest BCUT2D eigenvalue weighted by molar-refractivity contribution is 5.66. The van der Waals surface area contributed by atoms with E-state index in [0.717, 1.165) is 0 Å². The Bertz CT molecular complexity index is 276. The Morgan fingerprint density at radius 3 is 2.41 bits per heavy atom. The van der Waals surface area contributed by atoms with Crippen LogP contribution < -0.4 is 0 Å². The van der Waals surface area contributed by atoms with Crippen LogP contribution in [-0.4, -0.2) is 44.7 Å². The van der Waals surface area contributed by atoms with E-state index < -0.39 is 24.3 Å². The molecule has 1 saturated carbocycles. The minimum absolute atomic E-state index is 0.151. The van der Waals surface area contributed by atoms with Crippen LogP contribution in [0.4, 0.5) is 0 Å². The molecule has 0 heterocycles. The van der Waals surface area contributed by atoms with E-state index in [-0.39, 0.29) is 18.8 Å². The molecule has 98 valence electrons. The number of aliphatic hydroxyl groups is 3. The number of aliphatic hydroxyl groups excluding tert-OH is 3. The summed E-state index contributed by atoms with van der Waals surface area (Å²) in [6.07, 6.45) is 3.46. The number of carboxylic acids is 1. The minimum Gasteiger partial charge on any atom is -0.481 e. The molecule has 4 atom stereocenters. The lowest BCUT2D eigenvalue weighted by atomic mass is 9.99. The average Bonchev–Trinajstić information content (AvgIpc) is 2.48. The first kappa shape index (κ1) is 14.2. The van der Waals surface area contributed by atoms with Gasteiger partial charge in [-0.15, -0.1) is 0 Å². The predicted molar refractivity (Wildman–Crippen MR) is 61.4 cm³/mol. The summed E-state index contributed by atoms with van der Waals surface area (Å²) in [6.45, 7) is 0. The van der Waals surface area contributed by atoms with Crippen molar-refractivity contribution in [3.05, 3.63) is 12.2 Å². The maximum absolute atomic E-state index is 10.2. The van der Waals surface area contributed by atoms with Crippen molar-refractivity contribution in [3.63, 3.8) is 0 Å². The normalized spacial score (nSPS) is 33.4. The molecule has 0 amide bonds. The van der Waals surface area contributed by atoms with Crippen LogP contribution in [0.3, 0.4) is 0 Å². The van der Waals surface area contributed by atoms with Crippen molar-refractivity contribution in [2.24, 2.45) is 5.92 Å². The zero-order chi connectivity index (χ0) is 12.8. The van der Waals surface area contributed by atoms with Gasteiger partial charge in [0.15, 0.2) is 0 Å². The summed E-state index contributed by atoms with van der Waals surface area (Å²) >= 11 is 0. The number of unbranched alkanes of at least 4 members (excludes halogenated alkanes) is 1. The molecule has 1 aliphatic carbocycles. The molecule has 0 bridgehead atoms. The molecule has 17 heavy (non-hydrogen) atoms. The molecule has 0 aromatic rings. The maximum Gasteiger partial charge on any atom is 0.303 e. The summed E-state index contributed by atoms with van der Waals surface area (Å²) in [5.74, 6) is -1.12. The van der Waals surface area contributed by atoms with Crippen LogP contribution in [0.15, 0.2) is 12.2 Å². The largest absolute Gasteiger partial charge is 0.481 e. The number of rotatable bonds is 6. The molecule has 0 spiro atoms. The molecule has 1 rings (SSSR count). The van der Waals surface area contributed by atoms with Crippen molar-refractivity contribution in [2.45, 2.75) is 50.4 Å². The summed E-state index contributed by atoms with van der Waals surface area (Å²) in [5, 5.41) is 36.9. The van der Waals surface area contributed by atoms with Gasteiger partial charge in [-0.25, -0.2) is 0 Å². The SMILES string of the molecule is O=C(O)CCCC=CCC1C(O)CC(O)C1O. The zero-order valence-corrected chi connectivity index (χ0v) is 9.70. The fraction of sp³-hybridized carbons (Fsp3) is 0.750. The zero-order valence-electron chi connectivity index (χ0n) is 9.70. The summed E-state index contributed by atoms with van der Waals surface area (Å²) in [4.78, 5) is 10.2. The topological polar surface area (TPSA) is 98.0 Å². The van der Waals surface area contributed by atoms with Gasteiger partial charge >= 0.3 is 5.97 Å². The van der Waals surface area contributed by atoms with Gasteiger partial charge in [-0.1, -0.05) is 12.2 Å². The Morgan fingerprint density at radius 1 is 1.18 bits per heavy atom. The maximum atomic E-state index is 10.2. The lowest BCUT2D eigenvalue weighted by molar-refractivity contribution is -0.137. The number of hydrogen-bond donors (Lipinski definition) is 4. The molecule has 4 unspecified atom stereocenters. The Labute approximate surface area is 100 Å². The van der Waals surface area contributed by atoms with Crippen molar-refractivity contribution in [2.75, 3.05) is 0 Å². The summed E-state index contributed by atoms with van der Waals surface area (Å²) in [6, 6.07) is 0. The van der Waals surface area contributed by atoms with E-state index in [0.29, 0.717) is 19.3 Å². The molecular weight excluding hydrogens is 224 g/mol. The van der Waals surface area contributed by atoms with Gasteiger partial charge in [-0.3, -0.25) is 4.79 Å². The third-order valence-corrected chi connectivity index (χ3v) is 3.15. The third kappa shape index (κ3) is 4.46. The smallest absolute Gasteiger partial charge is 0.303 e. The van der Waals surface area contributed by atoms with Crippen molar-refractivity contribution < 1.29 is 25.2 Å². The van der Waals surface area contributed by atoms with Gasteiger partial charge in [0.2, 0.25) is 0 Å². The summed E-state index contributed by atoms with van der Waals surface area (Å²) < 4.78 is 0. The van der Waals surface area contributed by atoms with Crippen molar-refractivity contribution in [1.29, 1.82) is 0 Å². The first-order chi connectivity index (χ1) is 8.02. The molecule has 0 aromatic heterocycles. The number of hydrogen-bond acceptors (Lipinski definition) is 4. The lowest BCUT2D eigenvalue weighted by Crippen LogP contribution is -2.26. The predicted octanol–water partition coefficient (Wildman–Crippen LogP) is 0.290. The van der Waals surface area contributed by atoms with Crippen LogP contribution in [0.1, 0.15) is 32.1 Å². The quantitative estimate of drug-likeness (QED) is 0.397. The summed E-state index contributed by atoms with van der Waals surface area (Å²) in [7, 11) is 0. The molecule has 5 heteroatoms. The molecule has 1 fully saturated rings. The Kier molecular flexibility index (Phi) is 5.61. The number of allylic oxidation sites excluding steroid dienone is 2. The van der Waals surface area contributed by atoms with E-state index in [9.17, 15) is 20.1 Å². The third-order valence-electron chi connectivity index (χ3n) is 3.15. The van der Waals surface area contributed by atoms with Crippen molar-refractivity contribution in [3.8, 4) is 0 Å². The second-order valence-corrected chi connectivity index (χ2v) is 4.52. The van der Waals surface area contributed by atoms with Gasteiger partial charge in [0.25, 0.3) is 0 Å². The monoisotopic (exact) mass is 244 g/mol. The van der Waals surface area contributed by atoms with E-state index in [4.69, 9.17) is 5.11 Å². The van der Waals surface area contributed by atoms with Gasteiger partial charge in [0.1, 0.15) is 0 Å². The molecule has 0 radical (unpaired) electrons. The minimum atomic E-state index is -0.867. The second kappa shape index (κ2) is 6.74. The molecule has 1 aliphatic rings. The molecule has 0 saturated heterocycles. The number of carbonyl (C=O) groups is 1. The summed E-state index contributed by atoms with van der Waals surface area (Å²) in [5.41, 5.74) is 0. The molecule has 4 N–H and O–H groups in total. The van der Waals surface area contributed by atoms with Crippen LogP contribution >= 0.6 is 0 Å². The van der Waals surface area contributed by atoms with Crippen LogP contribution in [0.25, 0.3) is 0 Å². The molecule has 5 nitrogen and oxygen atoms in total. The van der Waals surface area contributed by atoms with Gasteiger partial charge in [0, 0.05) is 18.8 Å². The van der Waals surface area contributed by atoms with E-state index in [1.165, 1.54) is 0 Å². The fourth-order valence-electron chi connectivity index (χ4n) is 2.11. The Hall–Kier alpha value is -0.910. The average molecular weight is 244 g/mol. The second-order valence-electron chi connectivity index (χ2n) is 4.52. The first-order valence-electron chi connectivity index (χ1n) is 5.93. The van der Waals surface area contributed by atoms with Gasteiger partial charge in [-0.05, 0) is 19.3 Å². The van der Waals surface area contributed by atoms with Gasteiger partial charge in [-0.2, -0.15) is 0 Å². The van der Waals surface area contributed by atoms with Crippen LogP contribution in [0, 0.1) is 5.92 Å². The van der Waals surface area contributed by atoms with Crippen molar-refractivity contribution >= 4 is 5.97 Å². The number of aliphatic carboxylic acids is 1. The highest BCUT2D eigenvalue weighted by Crippen LogP contribution is 2.29. The Morgan fingerprint density at radius 2 is 1.88 bits per heavy atom. The highest BCUT2D eigenvalue weighted by Gasteiger charge is 2.39. The van der Waals surface area contributed by atoms with Crippen LogP contribution in [-0.2, 0) is 4.79 Å². The molecule has 0 aliphatic heterocycles. The van der Waals surface area contributed by atoms with E-state index >= 15 is 0 Å². The Balaban J connectivity index is 2.21. The van der Waals surface area contributed by atoms with Gasteiger partial charge in [0.05, 0.1) is 18.3 Å². The fourth-order valence-corrected chi connectivity index (χ4v) is 2.11. The molecular formula is C12H20O5. The molecule has 0 aromatic carbocycles. The first-order valence-corrected chi connectivity index (χ1v) is 5.93. The van der Waals surface area contributed by atoms with E-state index in [2.05, 4.69) is 0 Å². The van der Waals surface area contributed by atoms with E-state index in [1.54, 1.807) is 0 Å². The van der Waals surface area contributed by atoms with Gasteiger partial charge < -0.3 is 20.4 Å². The van der Waals surface area contributed by atoms with Crippen LogP contribution in [0.5, 0.6) is 0 Å². The number of carboxylic acid groups (broad SMARTS) is 1. The van der Waals surface area contributed by atoms with Crippen LogP contribution in [0.2, 0.25) is 0 Å². The lowest BCUT2D eigenvalue weighted by Gasteiger charge is -2.16. The van der Waals surface area contributed by atoms with E-state index in [1.807, 2.05) is 12.2 Å².